The van der Waals surface area contributed by atoms with Gasteiger partial charge in [0.05, 0.1) is 31.0 Å². The molecule has 0 aliphatic rings. The highest BCUT2D eigenvalue weighted by atomic mass is 35.5. The molecule has 112 valence electrons. The highest BCUT2D eigenvalue weighted by Gasteiger charge is 2.07. The predicted octanol–water partition coefficient (Wildman–Crippen LogP) is 3.27. The molecule has 0 atom stereocenters. The Kier molecular flexibility index (Phi) is 5.23. The average Bonchev–Trinajstić information content (AvgIpc) is 2.53. The first kappa shape index (κ1) is 15.7. The summed E-state index contributed by atoms with van der Waals surface area (Å²) in [6.45, 7) is 0.0491. The molecule has 0 saturated heterocycles. The van der Waals surface area contributed by atoms with Crippen LogP contribution < -0.4 is 15.4 Å². The molecule has 2 aromatic carbocycles. The Balaban J connectivity index is 1.98. The van der Waals surface area contributed by atoms with E-state index in [9.17, 15) is 4.79 Å². The van der Waals surface area contributed by atoms with Crippen LogP contribution in [0.2, 0.25) is 5.02 Å². The maximum atomic E-state index is 11.9. The van der Waals surface area contributed by atoms with Gasteiger partial charge in [-0.2, -0.15) is 5.26 Å². The molecule has 2 rings (SSSR count). The van der Waals surface area contributed by atoms with Gasteiger partial charge in [-0.3, -0.25) is 4.79 Å². The van der Waals surface area contributed by atoms with Gasteiger partial charge >= 0.3 is 0 Å². The molecule has 0 aliphatic carbocycles. The van der Waals surface area contributed by atoms with Gasteiger partial charge in [-0.1, -0.05) is 17.7 Å². The van der Waals surface area contributed by atoms with Crippen molar-refractivity contribution in [3.63, 3.8) is 0 Å². The minimum absolute atomic E-state index is 0.0491. The number of ether oxygens (including phenoxy) is 1. The maximum absolute atomic E-state index is 11.9. The molecule has 0 fully saturated rings. The van der Waals surface area contributed by atoms with Crippen LogP contribution in [0.1, 0.15) is 5.56 Å². The van der Waals surface area contributed by atoms with Gasteiger partial charge in [-0.15, -0.1) is 0 Å². The van der Waals surface area contributed by atoms with Crippen molar-refractivity contribution in [2.45, 2.75) is 0 Å². The standard InChI is InChI=1S/C16H14ClN3O2/c1-22-15-6-5-12(17)8-14(15)19-10-16(21)20-13-4-2-3-11(7-13)9-18/h2-8,19H,10H2,1H3,(H,20,21). The highest BCUT2D eigenvalue weighted by Crippen LogP contribution is 2.27. The number of carbonyl (C=O) groups is 1. The second kappa shape index (κ2) is 7.34. The van der Waals surface area contributed by atoms with Crippen molar-refractivity contribution in [1.82, 2.24) is 0 Å². The van der Waals surface area contributed by atoms with Crippen LogP contribution in [0.4, 0.5) is 11.4 Å². The largest absolute Gasteiger partial charge is 0.495 e. The lowest BCUT2D eigenvalue weighted by Crippen LogP contribution is -2.22. The molecule has 22 heavy (non-hydrogen) atoms. The number of carbonyl (C=O) groups excluding carboxylic acids is 1. The molecular formula is C16H14ClN3O2. The van der Waals surface area contributed by atoms with E-state index in [1.54, 1.807) is 49.6 Å². The zero-order valence-electron chi connectivity index (χ0n) is 11.9. The number of nitriles is 1. The van der Waals surface area contributed by atoms with Crippen LogP contribution in [0.15, 0.2) is 42.5 Å². The van der Waals surface area contributed by atoms with E-state index in [0.717, 1.165) is 0 Å². The molecule has 0 spiro atoms. The third kappa shape index (κ3) is 4.14. The van der Waals surface area contributed by atoms with Crippen LogP contribution in [0.3, 0.4) is 0 Å². The van der Waals surface area contributed by atoms with Gasteiger partial charge in [0.1, 0.15) is 5.75 Å². The van der Waals surface area contributed by atoms with Crippen LogP contribution in [0, 0.1) is 11.3 Å². The molecule has 0 bridgehead atoms. The lowest BCUT2D eigenvalue weighted by atomic mass is 10.2. The van der Waals surface area contributed by atoms with Crippen molar-refractivity contribution in [3.8, 4) is 11.8 Å². The Labute approximate surface area is 133 Å². The maximum Gasteiger partial charge on any atom is 0.243 e. The molecule has 5 nitrogen and oxygen atoms in total. The second-order valence-electron chi connectivity index (χ2n) is 4.44. The average molecular weight is 316 g/mol. The Morgan fingerprint density at radius 1 is 1.32 bits per heavy atom. The van der Waals surface area contributed by atoms with E-state index in [4.69, 9.17) is 21.6 Å². The zero-order valence-corrected chi connectivity index (χ0v) is 12.6. The number of methoxy groups -OCH3 is 1. The number of nitrogens with one attached hydrogen (secondary N) is 2. The first-order valence-corrected chi connectivity index (χ1v) is 6.87. The third-order valence-corrected chi connectivity index (χ3v) is 3.11. The van der Waals surface area contributed by atoms with Gasteiger partial charge in [0.25, 0.3) is 0 Å². The summed E-state index contributed by atoms with van der Waals surface area (Å²) in [6.07, 6.45) is 0. The lowest BCUT2D eigenvalue weighted by Gasteiger charge is -2.11. The van der Waals surface area contributed by atoms with Gasteiger partial charge < -0.3 is 15.4 Å². The van der Waals surface area contributed by atoms with Gasteiger partial charge in [-0.25, -0.2) is 0 Å². The lowest BCUT2D eigenvalue weighted by molar-refractivity contribution is -0.114. The normalized spacial score (nSPS) is 9.68. The molecule has 6 heteroatoms. The fourth-order valence-electron chi connectivity index (χ4n) is 1.87. The summed E-state index contributed by atoms with van der Waals surface area (Å²) in [5.41, 5.74) is 1.70. The molecule has 1 amide bonds. The van der Waals surface area contributed by atoms with Crippen LogP contribution in [-0.2, 0) is 4.79 Å². The van der Waals surface area contributed by atoms with Crippen molar-refractivity contribution >= 4 is 28.9 Å². The number of hydrogen-bond donors (Lipinski definition) is 2. The van der Waals surface area contributed by atoms with E-state index < -0.39 is 0 Å². The first-order chi connectivity index (χ1) is 10.6. The molecule has 2 aromatic rings. The summed E-state index contributed by atoms with van der Waals surface area (Å²) >= 11 is 5.93. The number of amides is 1. The third-order valence-electron chi connectivity index (χ3n) is 2.88. The van der Waals surface area contributed by atoms with Crippen LogP contribution in [0.5, 0.6) is 5.75 Å². The molecular weight excluding hydrogens is 302 g/mol. The summed E-state index contributed by atoms with van der Waals surface area (Å²) in [4.78, 5) is 11.9. The highest BCUT2D eigenvalue weighted by molar-refractivity contribution is 6.30. The fraction of sp³-hybridized carbons (Fsp3) is 0.125. The number of halogens is 1. The van der Waals surface area contributed by atoms with Crippen molar-refractivity contribution in [1.29, 1.82) is 5.26 Å². The Bertz CT molecular complexity index is 726. The van der Waals surface area contributed by atoms with Gasteiger partial charge in [-0.05, 0) is 36.4 Å². The fourth-order valence-corrected chi connectivity index (χ4v) is 2.04. The molecule has 0 saturated carbocycles. The number of hydrogen-bond acceptors (Lipinski definition) is 4. The Morgan fingerprint density at radius 2 is 2.14 bits per heavy atom. The van der Waals surface area contributed by atoms with Gasteiger partial charge in [0.15, 0.2) is 0 Å². The number of anilines is 2. The van der Waals surface area contributed by atoms with E-state index in [0.29, 0.717) is 27.7 Å². The smallest absolute Gasteiger partial charge is 0.243 e. The Morgan fingerprint density at radius 3 is 2.86 bits per heavy atom. The second-order valence-corrected chi connectivity index (χ2v) is 4.88. The SMILES string of the molecule is COc1ccc(Cl)cc1NCC(=O)Nc1cccc(C#N)c1. The molecule has 0 aliphatic heterocycles. The molecule has 0 heterocycles. The van der Waals surface area contributed by atoms with Crippen LogP contribution >= 0.6 is 11.6 Å². The van der Waals surface area contributed by atoms with Gasteiger partial charge in [0.2, 0.25) is 5.91 Å². The minimum atomic E-state index is -0.239. The predicted molar refractivity (Wildman–Crippen MR) is 86.3 cm³/mol. The molecule has 0 radical (unpaired) electrons. The van der Waals surface area contributed by atoms with Crippen molar-refractivity contribution in [2.24, 2.45) is 0 Å². The number of rotatable bonds is 5. The molecule has 0 aromatic heterocycles. The summed E-state index contributed by atoms with van der Waals surface area (Å²) in [6, 6.07) is 13.8. The van der Waals surface area contributed by atoms with E-state index in [1.165, 1.54) is 0 Å². The summed E-state index contributed by atoms with van der Waals surface area (Å²) in [5, 5.41) is 15.1. The van der Waals surface area contributed by atoms with Gasteiger partial charge in [0, 0.05) is 10.7 Å². The van der Waals surface area contributed by atoms with E-state index >= 15 is 0 Å². The molecule has 0 unspecified atom stereocenters. The Hall–Kier alpha value is -2.71. The van der Waals surface area contributed by atoms with Crippen molar-refractivity contribution in [3.05, 3.63) is 53.1 Å². The summed E-state index contributed by atoms with van der Waals surface area (Å²) < 4.78 is 5.19. The quantitative estimate of drug-likeness (QED) is 0.888. The van der Waals surface area contributed by atoms with E-state index in [1.807, 2.05) is 6.07 Å². The van der Waals surface area contributed by atoms with Crippen LogP contribution in [0.25, 0.3) is 0 Å². The number of nitrogens with zero attached hydrogens (tertiary/aromatic N) is 1. The minimum Gasteiger partial charge on any atom is -0.495 e. The van der Waals surface area contributed by atoms with Crippen LogP contribution in [-0.4, -0.2) is 19.6 Å². The first-order valence-electron chi connectivity index (χ1n) is 6.50. The summed E-state index contributed by atoms with van der Waals surface area (Å²) in [5.74, 6) is 0.362. The monoisotopic (exact) mass is 315 g/mol. The van der Waals surface area contributed by atoms with Crippen molar-refractivity contribution in [2.75, 3.05) is 24.3 Å². The van der Waals surface area contributed by atoms with E-state index in [2.05, 4.69) is 10.6 Å². The van der Waals surface area contributed by atoms with E-state index in [-0.39, 0.29) is 12.5 Å². The van der Waals surface area contributed by atoms with Crippen molar-refractivity contribution < 1.29 is 9.53 Å². The molecule has 2 N–H and O–H groups in total. The topological polar surface area (TPSA) is 74.2 Å². The zero-order chi connectivity index (χ0) is 15.9. The number of benzene rings is 2. The summed E-state index contributed by atoms with van der Waals surface area (Å²) in [7, 11) is 1.54.